The number of hydrogen-bond acceptors (Lipinski definition) is 3. The van der Waals surface area contributed by atoms with E-state index in [-0.39, 0.29) is 0 Å². The topological polar surface area (TPSA) is 33.6 Å². The minimum Gasteiger partial charge on any atom is -0.300 e. The van der Waals surface area contributed by atoms with Crippen LogP contribution in [0.25, 0.3) is 0 Å². The number of hydrogen-bond donors (Lipinski definition) is 1. The van der Waals surface area contributed by atoms with Gasteiger partial charge in [0.05, 0.1) is 6.54 Å². The zero-order valence-corrected chi connectivity index (χ0v) is 9.49. The molecular formula is C9H11N3S2. The molecule has 0 saturated carbocycles. The molecule has 0 aliphatic rings. The van der Waals surface area contributed by atoms with E-state index < -0.39 is 0 Å². The van der Waals surface area contributed by atoms with Crippen LogP contribution in [0, 0.1) is 4.77 Å². The van der Waals surface area contributed by atoms with E-state index >= 15 is 0 Å². The lowest BCUT2D eigenvalue weighted by Crippen LogP contribution is -2.03. The van der Waals surface area contributed by atoms with Crippen LogP contribution in [0.4, 0.5) is 0 Å². The minimum absolute atomic E-state index is 0.702. The van der Waals surface area contributed by atoms with Crippen LogP contribution in [0.5, 0.6) is 0 Å². The van der Waals surface area contributed by atoms with E-state index in [2.05, 4.69) is 33.9 Å². The van der Waals surface area contributed by atoms with Gasteiger partial charge in [0.1, 0.15) is 5.82 Å². The molecule has 14 heavy (non-hydrogen) atoms. The summed E-state index contributed by atoms with van der Waals surface area (Å²) in [6, 6.07) is 2.11. The Kier molecular flexibility index (Phi) is 2.79. The van der Waals surface area contributed by atoms with Crippen molar-refractivity contribution in [3.63, 3.8) is 0 Å². The number of nitrogens with one attached hydrogen (secondary N) is 1. The summed E-state index contributed by atoms with van der Waals surface area (Å²) in [4.78, 5) is 0. The van der Waals surface area contributed by atoms with Crippen molar-refractivity contribution in [2.24, 2.45) is 0 Å². The summed E-state index contributed by atoms with van der Waals surface area (Å²) in [5.41, 5.74) is 1.28. The normalized spacial score (nSPS) is 10.6. The third kappa shape index (κ3) is 1.78. The van der Waals surface area contributed by atoms with Gasteiger partial charge in [-0.25, -0.2) is 0 Å². The van der Waals surface area contributed by atoms with Crippen LogP contribution < -0.4 is 0 Å². The molecular weight excluding hydrogens is 214 g/mol. The highest BCUT2D eigenvalue weighted by molar-refractivity contribution is 7.71. The van der Waals surface area contributed by atoms with Gasteiger partial charge >= 0.3 is 0 Å². The molecule has 0 radical (unpaired) electrons. The molecule has 1 N–H and O–H groups in total. The number of thiophene rings is 1. The van der Waals surface area contributed by atoms with Crippen LogP contribution in [0.3, 0.4) is 0 Å². The molecule has 2 aromatic rings. The summed E-state index contributed by atoms with van der Waals surface area (Å²) in [5, 5.41) is 11.2. The standard InChI is InChI=1S/C9H11N3S2/c1-2-8-10-11-9(13)12(8)5-7-3-4-14-6-7/h3-4,6H,2,5H2,1H3,(H,11,13). The monoisotopic (exact) mass is 225 g/mol. The van der Waals surface area contributed by atoms with Crippen LogP contribution in [0.15, 0.2) is 16.8 Å². The second-order valence-corrected chi connectivity index (χ2v) is 4.18. The van der Waals surface area contributed by atoms with Gasteiger partial charge < -0.3 is 0 Å². The molecule has 0 aliphatic carbocycles. The van der Waals surface area contributed by atoms with Crippen LogP contribution in [0.1, 0.15) is 18.3 Å². The largest absolute Gasteiger partial charge is 0.300 e. The SMILES string of the molecule is CCc1n[nH]c(=S)n1Cc1ccsc1. The second-order valence-electron chi connectivity index (χ2n) is 3.02. The molecule has 74 valence electrons. The van der Waals surface area contributed by atoms with Gasteiger partial charge in [-0.2, -0.15) is 16.4 Å². The van der Waals surface area contributed by atoms with Crippen molar-refractivity contribution in [1.29, 1.82) is 0 Å². The summed E-state index contributed by atoms with van der Waals surface area (Å²) in [7, 11) is 0. The van der Waals surface area contributed by atoms with Crippen LogP contribution in [-0.4, -0.2) is 14.8 Å². The van der Waals surface area contributed by atoms with Crippen molar-refractivity contribution in [3.05, 3.63) is 33.0 Å². The fourth-order valence-corrected chi connectivity index (χ4v) is 2.22. The lowest BCUT2D eigenvalue weighted by atomic mass is 10.3. The Balaban J connectivity index is 2.32. The molecule has 0 amide bonds. The van der Waals surface area contributed by atoms with Gasteiger partial charge in [0.2, 0.25) is 0 Å². The van der Waals surface area contributed by atoms with Crippen molar-refractivity contribution in [2.45, 2.75) is 19.9 Å². The number of aryl methyl sites for hydroxylation is 1. The molecule has 2 rings (SSSR count). The first-order valence-electron chi connectivity index (χ1n) is 4.46. The van der Waals surface area contributed by atoms with E-state index in [1.165, 1.54) is 5.56 Å². The summed E-state index contributed by atoms with van der Waals surface area (Å²) in [5.74, 6) is 1.02. The van der Waals surface area contributed by atoms with Gasteiger partial charge in [-0.15, -0.1) is 0 Å². The summed E-state index contributed by atoms with van der Waals surface area (Å²) < 4.78 is 2.74. The number of H-pyrrole nitrogens is 1. The van der Waals surface area contributed by atoms with Crippen LogP contribution in [-0.2, 0) is 13.0 Å². The predicted molar refractivity (Wildman–Crippen MR) is 60.2 cm³/mol. The van der Waals surface area contributed by atoms with Gasteiger partial charge in [-0.05, 0) is 34.6 Å². The minimum atomic E-state index is 0.702. The maximum atomic E-state index is 5.16. The van der Waals surface area contributed by atoms with E-state index in [0.29, 0.717) is 4.77 Å². The molecule has 0 saturated heterocycles. The lowest BCUT2D eigenvalue weighted by Gasteiger charge is -2.02. The van der Waals surface area contributed by atoms with E-state index in [1.807, 2.05) is 4.57 Å². The van der Waals surface area contributed by atoms with Crippen LogP contribution >= 0.6 is 23.6 Å². The fourth-order valence-electron chi connectivity index (χ4n) is 1.35. The molecule has 2 heterocycles. The van der Waals surface area contributed by atoms with E-state index in [1.54, 1.807) is 11.3 Å². The molecule has 0 bridgehead atoms. The quantitative estimate of drug-likeness (QED) is 0.815. The molecule has 0 fully saturated rings. The fraction of sp³-hybridized carbons (Fsp3) is 0.333. The average molecular weight is 225 g/mol. The van der Waals surface area contributed by atoms with E-state index in [9.17, 15) is 0 Å². The highest BCUT2D eigenvalue weighted by Gasteiger charge is 2.04. The Morgan fingerprint density at radius 2 is 2.50 bits per heavy atom. The lowest BCUT2D eigenvalue weighted by molar-refractivity contribution is 0.726. The molecule has 0 aromatic carbocycles. The Hall–Kier alpha value is -0.940. The maximum Gasteiger partial charge on any atom is 0.195 e. The first-order chi connectivity index (χ1) is 6.81. The molecule has 0 unspecified atom stereocenters. The third-order valence-electron chi connectivity index (χ3n) is 2.07. The van der Waals surface area contributed by atoms with Gasteiger partial charge in [0.25, 0.3) is 0 Å². The Labute approximate surface area is 91.4 Å². The second kappa shape index (κ2) is 4.06. The predicted octanol–water partition coefficient (Wildman–Crippen LogP) is 2.61. The van der Waals surface area contributed by atoms with E-state index in [4.69, 9.17) is 12.2 Å². The Morgan fingerprint density at radius 3 is 3.14 bits per heavy atom. The van der Waals surface area contributed by atoms with Crippen molar-refractivity contribution in [3.8, 4) is 0 Å². The summed E-state index contributed by atoms with van der Waals surface area (Å²) >= 11 is 6.86. The van der Waals surface area contributed by atoms with E-state index in [0.717, 1.165) is 18.8 Å². The van der Waals surface area contributed by atoms with Crippen LogP contribution in [0.2, 0.25) is 0 Å². The van der Waals surface area contributed by atoms with Crippen molar-refractivity contribution >= 4 is 23.6 Å². The third-order valence-corrected chi connectivity index (χ3v) is 3.12. The van der Waals surface area contributed by atoms with Gasteiger partial charge in [0, 0.05) is 6.42 Å². The summed E-state index contributed by atoms with van der Waals surface area (Å²) in [6.45, 7) is 2.90. The number of nitrogens with zero attached hydrogens (tertiary/aromatic N) is 2. The number of rotatable bonds is 3. The van der Waals surface area contributed by atoms with Crippen molar-refractivity contribution in [1.82, 2.24) is 14.8 Å². The average Bonchev–Trinajstić information content (AvgIpc) is 2.79. The Morgan fingerprint density at radius 1 is 1.64 bits per heavy atom. The summed E-state index contributed by atoms with van der Waals surface area (Å²) in [6.07, 6.45) is 0.900. The number of aromatic nitrogens is 3. The van der Waals surface area contributed by atoms with Gasteiger partial charge in [0.15, 0.2) is 4.77 Å². The molecule has 0 spiro atoms. The van der Waals surface area contributed by atoms with Gasteiger partial charge in [-0.1, -0.05) is 6.92 Å². The first kappa shape index (κ1) is 9.61. The van der Waals surface area contributed by atoms with Crippen molar-refractivity contribution in [2.75, 3.05) is 0 Å². The molecule has 0 aliphatic heterocycles. The zero-order valence-electron chi connectivity index (χ0n) is 7.86. The zero-order chi connectivity index (χ0) is 9.97. The maximum absolute atomic E-state index is 5.16. The first-order valence-corrected chi connectivity index (χ1v) is 5.81. The van der Waals surface area contributed by atoms with Gasteiger partial charge in [-0.3, -0.25) is 9.67 Å². The smallest absolute Gasteiger partial charge is 0.195 e. The van der Waals surface area contributed by atoms with Crippen molar-refractivity contribution < 1.29 is 0 Å². The Bertz CT molecular complexity index is 453. The molecule has 0 atom stereocenters. The highest BCUT2D eigenvalue weighted by atomic mass is 32.1. The molecule has 3 nitrogen and oxygen atoms in total. The molecule has 2 aromatic heterocycles. The molecule has 5 heteroatoms. The highest BCUT2D eigenvalue weighted by Crippen LogP contribution is 2.09. The number of aromatic amines is 1.